The van der Waals surface area contributed by atoms with Gasteiger partial charge in [0.2, 0.25) is 0 Å². The van der Waals surface area contributed by atoms with Gasteiger partial charge in [0, 0.05) is 38.7 Å². The van der Waals surface area contributed by atoms with E-state index in [1.165, 1.54) is 37.5 Å². The minimum absolute atomic E-state index is 0.108. The Hall–Kier alpha value is -3.78. The average Bonchev–Trinajstić information content (AvgIpc) is 3.53. The van der Waals surface area contributed by atoms with Gasteiger partial charge in [-0.1, -0.05) is 48.3 Å². The van der Waals surface area contributed by atoms with E-state index in [2.05, 4.69) is 20.1 Å². The van der Waals surface area contributed by atoms with Crippen LogP contribution in [-0.2, 0) is 43.5 Å². The molecule has 0 aliphatic rings. The molecule has 2 aromatic heterocycles. The van der Waals surface area contributed by atoms with E-state index in [-0.39, 0.29) is 26.9 Å². The lowest BCUT2D eigenvalue weighted by Gasteiger charge is -2.40. The van der Waals surface area contributed by atoms with Crippen LogP contribution < -0.4 is 0 Å². The standard InChI is InChI=1S/C30H23Cl2F5N5O4P/c1-18(29-28(37)11-38-15-40-29)30(14-42-17-39-16-41-42,22-9-8-19(33)10-27(22)36)46-47(43,44-12-20-23(31)4-2-6-25(20)34)45-13-21-24(32)5-3-7-26(21)35/h2-11,15-18H,12-14H2,1H3/t18-,30+/m0/s1. The van der Waals surface area contributed by atoms with Crippen LogP contribution in [0.4, 0.5) is 22.0 Å². The number of rotatable bonds is 13. The molecule has 0 spiro atoms. The van der Waals surface area contributed by atoms with Crippen molar-refractivity contribution in [3.63, 3.8) is 0 Å². The van der Waals surface area contributed by atoms with Crippen molar-refractivity contribution in [2.75, 3.05) is 0 Å². The fourth-order valence-electron chi connectivity index (χ4n) is 4.78. The average molecular weight is 714 g/mol. The first-order valence-electron chi connectivity index (χ1n) is 13.6. The maximum atomic E-state index is 15.8. The van der Waals surface area contributed by atoms with Gasteiger partial charge in [-0.25, -0.2) is 46.2 Å². The molecular weight excluding hydrogens is 691 g/mol. The van der Waals surface area contributed by atoms with E-state index in [0.717, 1.165) is 47.8 Å². The van der Waals surface area contributed by atoms with Crippen molar-refractivity contribution in [2.24, 2.45) is 0 Å². The van der Waals surface area contributed by atoms with Crippen LogP contribution >= 0.6 is 31.0 Å². The predicted octanol–water partition coefficient (Wildman–Crippen LogP) is 8.33. The summed E-state index contributed by atoms with van der Waals surface area (Å²) in [5.74, 6) is -6.20. The molecule has 0 fully saturated rings. The smallest absolute Gasteiger partial charge is 0.282 e. The molecule has 5 aromatic rings. The van der Waals surface area contributed by atoms with Gasteiger partial charge in [-0.05, 0) is 30.3 Å². The zero-order valence-electron chi connectivity index (χ0n) is 24.2. The van der Waals surface area contributed by atoms with E-state index in [4.69, 9.17) is 36.8 Å². The van der Waals surface area contributed by atoms with E-state index in [1.807, 2.05) is 0 Å². The highest BCUT2D eigenvalue weighted by Crippen LogP contribution is 2.60. The Kier molecular flexibility index (Phi) is 10.7. The van der Waals surface area contributed by atoms with Crippen molar-refractivity contribution in [1.82, 2.24) is 24.7 Å². The molecule has 5 rings (SSSR count). The highest BCUT2D eigenvalue weighted by molar-refractivity contribution is 7.48. The van der Waals surface area contributed by atoms with Crippen LogP contribution in [0.15, 0.2) is 79.8 Å². The molecule has 0 bridgehead atoms. The van der Waals surface area contributed by atoms with Gasteiger partial charge in [0.15, 0.2) is 5.82 Å². The quantitative estimate of drug-likeness (QED) is 0.0887. The number of nitrogens with zero attached hydrogens (tertiary/aromatic N) is 5. The largest absolute Gasteiger partial charge is 0.476 e. The van der Waals surface area contributed by atoms with Crippen molar-refractivity contribution in [1.29, 1.82) is 0 Å². The Morgan fingerprint density at radius 1 is 0.851 bits per heavy atom. The Labute approximate surface area is 274 Å². The lowest BCUT2D eigenvalue weighted by Crippen LogP contribution is -2.41. The third-order valence-corrected chi connectivity index (χ3v) is 9.34. The van der Waals surface area contributed by atoms with Gasteiger partial charge >= 0.3 is 7.82 Å². The summed E-state index contributed by atoms with van der Waals surface area (Å²) >= 11 is 12.3. The second-order valence-electron chi connectivity index (χ2n) is 10.1. The predicted molar refractivity (Wildman–Crippen MR) is 160 cm³/mol. The summed E-state index contributed by atoms with van der Waals surface area (Å²) < 4.78 is 108. The third-order valence-electron chi connectivity index (χ3n) is 7.19. The summed E-state index contributed by atoms with van der Waals surface area (Å²) in [4.78, 5) is 11.5. The zero-order valence-corrected chi connectivity index (χ0v) is 26.6. The van der Waals surface area contributed by atoms with Crippen LogP contribution in [-0.4, -0.2) is 24.7 Å². The topological polar surface area (TPSA) is 101 Å². The Bertz CT molecular complexity index is 1830. The lowest BCUT2D eigenvalue weighted by atomic mass is 9.79. The summed E-state index contributed by atoms with van der Waals surface area (Å²) in [6.07, 6.45) is 4.19. The minimum atomic E-state index is -5.19. The first kappa shape index (κ1) is 34.6. The Morgan fingerprint density at radius 2 is 1.49 bits per heavy atom. The molecule has 17 heteroatoms. The molecule has 246 valence electrons. The molecule has 0 aliphatic heterocycles. The van der Waals surface area contributed by atoms with Crippen LogP contribution in [0.2, 0.25) is 10.0 Å². The minimum Gasteiger partial charge on any atom is -0.282 e. The molecule has 9 nitrogen and oxygen atoms in total. The Morgan fingerprint density at radius 3 is 2.02 bits per heavy atom. The molecule has 0 aliphatic carbocycles. The fraction of sp³-hybridized carbons (Fsp3) is 0.200. The molecule has 0 saturated heterocycles. The third kappa shape index (κ3) is 7.69. The zero-order chi connectivity index (χ0) is 33.8. The summed E-state index contributed by atoms with van der Waals surface area (Å²) in [7, 11) is -5.19. The van der Waals surface area contributed by atoms with E-state index >= 15 is 8.78 Å². The second-order valence-corrected chi connectivity index (χ2v) is 12.5. The fourth-order valence-corrected chi connectivity index (χ4v) is 6.68. The molecule has 0 N–H and O–H groups in total. The first-order valence-corrected chi connectivity index (χ1v) is 15.8. The molecule has 2 heterocycles. The molecule has 3 aromatic carbocycles. The second kappa shape index (κ2) is 14.5. The van der Waals surface area contributed by atoms with E-state index < -0.39 is 73.7 Å². The number of aromatic nitrogens is 5. The van der Waals surface area contributed by atoms with E-state index in [9.17, 15) is 17.7 Å². The molecule has 0 unspecified atom stereocenters. The number of phosphoric ester groups is 1. The summed E-state index contributed by atoms with van der Waals surface area (Å²) in [5, 5.41) is 3.82. The van der Waals surface area contributed by atoms with Gasteiger partial charge in [-0.15, -0.1) is 0 Å². The van der Waals surface area contributed by atoms with Gasteiger partial charge in [0.25, 0.3) is 0 Å². The summed E-state index contributed by atoms with van der Waals surface area (Å²) in [5.41, 5.74) is -3.68. The van der Waals surface area contributed by atoms with Crippen molar-refractivity contribution in [3.8, 4) is 0 Å². The highest BCUT2D eigenvalue weighted by Gasteiger charge is 2.51. The van der Waals surface area contributed by atoms with Crippen molar-refractivity contribution in [2.45, 2.75) is 38.2 Å². The van der Waals surface area contributed by atoms with Crippen LogP contribution in [0.3, 0.4) is 0 Å². The van der Waals surface area contributed by atoms with Crippen LogP contribution in [0, 0.1) is 29.1 Å². The normalized spacial score (nSPS) is 13.8. The van der Waals surface area contributed by atoms with Crippen LogP contribution in [0.25, 0.3) is 0 Å². The van der Waals surface area contributed by atoms with Gasteiger partial charge < -0.3 is 0 Å². The Balaban J connectivity index is 1.70. The van der Waals surface area contributed by atoms with Crippen LogP contribution in [0.1, 0.15) is 35.2 Å². The van der Waals surface area contributed by atoms with Crippen LogP contribution in [0.5, 0.6) is 0 Å². The molecular formula is C30H23Cl2F5N5O4P. The van der Waals surface area contributed by atoms with E-state index in [0.29, 0.717) is 6.07 Å². The molecule has 0 radical (unpaired) electrons. The monoisotopic (exact) mass is 713 g/mol. The highest BCUT2D eigenvalue weighted by atomic mass is 35.5. The van der Waals surface area contributed by atoms with Gasteiger partial charge in [0.05, 0.1) is 31.6 Å². The number of benzene rings is 3. The van der Waals surface area contributed by atoms with Gasteiger partial charge in [-0.2, -0.15) is 5.10 Å². The number of phosphoric acid groups is 1. The number of halogens is 7. The maximum absolute atomic E-state index is 15.8. The number of hydrogen-bond donors (Lipinski definition) is 0. The summed E-state index contributed by atoms with van der Waals surface area (Å²) in [6, 6.07) is 9.89. The lowest BCUT2D eigenvalue weighted by molar-refractivity contribution is -0.0330. The molecule has 0 amide bonds. The van der Waals surface area contributed by atoms with Gasteiger partial charge in [-0.3, -0.25) is 13.6 Å². The summed E-state index contributed by atoms with van der Waals surface area (Å²) in [6.45, 7) is -0.862. The van der Waals surface area contributed by atoms with Crippen molar-refractivity contribution in [3.05, 3.63) is 141 Å². The first-order chi connectivity index (χ1) is 22.4. The van der Waals surface area contributed by atoms with Crippen molar-refractivity contribution >= 4 is 31.0 Å². The SMILES string of the molecule is C[C@@H](c1ncncc1F)[C@@](Cn1cncn1)(OP(=O)(OCc1c(F)cccc1Cl)OCc1c(F)cccc1Cl)c1ccc(F)cc1F. The maximum Gasteiger partial charge on any atom is 0.476 e. The molecule has 2 atom stereocenters. The molecule has 47 heavy (non-hydrogen) atoms. The van der Waals surface area contributed by atoms with Gasteiger partial charge in [0.1, 0.15) is 47.9 Å². The van der Waals surface area contributed by atoms with Crippen molar-refractivity contribution < 1.29 is 40.1 Å². The van der Waals surface area contributed by atoms with E-state index in [1.54, 1.807) is 0 Å². The molecule has 0 saturated carbocycles. The number of hydrogen-bond acceptors (Lipinski definition) is 8.